The van der Waals surface area contributed by atoms with E-state index < -0.39 is 35.7 Å². The van der Waals surface area contributed by atoms with Crippen molar-refractivity contribution in [1.29, 1.82) is 0 Å². The summed E-state index contributed by atoms with van der Waals surface area (Å²) in [4.78, 5) is 28.4. The van der Waals surface area contributed by atoms with Crippen LogP contribution in [0.25, 0.3) is 17.0 Å². The van der Waals surface area contributed by atoms with Gasteiger partial charge < -0.3 is 33.5 Å². The maximum Gasteiger partial charge on any atom is 0.410 e. The molecule has 11 nitrogen and oxygen atoms in total. The Morgan fingerprint density at radius 2 is 1.92 bits per heavy atom. The fourth-order valence-electron chi connectivity index (χ4n) is 6.90. The van der Waals surface area contributed by atoms with Crippen LogP contribution in [0.3, 0.4) is 0 Å². The molecule has 48 heavy (non-hydrogen) atoms. The second-order valence-corrected chi connectivity index (χ2v) is 13.5. The number of rotatable bonds is 4. The maximum absolute atomic E-state index is 16.5. The van der Waals surface area contributed by atoms with E-state index in [0.29, 0.717) is 41.6 Å². The van der Waals surface area contributed by atoms with Gasteiger partial charge in [-0.15, -0.1) is 0 Å². The zero-order chi connectivity index (χ0) is 34.1. The van der Waals surface area contributed by atoms with Gasteiger partial charge in [0.15, 0.2) is 24.6 Å². The topological polar surface area (TPSA) is 98.7 Å². The summed E-state index contributed by atoms with van der Waals surface area (Å²) in [5.41, 5.74) is 2.44. The molecule has 0 aliphatic carbocycles. The molecule has 4 aliphatic heterocycles. The van der Waals surface area contributed by atoms with E-state index >= 15 is 8.78 Å². The van der Waals surface area contributed by atoms with Gasteiger partial charge in [0.05, 0.1) is 28.7 Å². The average molecular weight is 664 g/mol. The smallest absolute Gasteiger partial charge is 0.410 e. The highest BCUT2D eigenvalue weighted by molar-refractivity contribution is 5.87. The van der Waals surface area contributed by atoms with Gasteiger partial charge in [-0.2, -0.15) is 0 Å². The van der Waals surface area contributed by atoms with Crippen LogP contribution in [0.5, 0.6) is 5.75 Å². The average Bonchev–Trinajstić information content (AvgIpc) is 3.02. The van der Waals surface area contributed by atoms with Crippen LogP contribution in [0.15, 0.2) is 42.3 Å². The SMILES string of the molecule is COCOc1cccc(F)c1-c1nc2c(cc1F)C1=C(OC[C@H]3CN(C(=O)OC(C)(C)C)[C@H](C)CN13)C1OC(C)c3nccc(C)c3N21. The molecule has 0 bridgehead atoms. The standard InChI is InChI=1S/C35H39F2N5O6/c1-18-11-12-38-27-20(3)47-33-31-30(41-14-19(2)40(15-21(41)16-45-31)34(43)48-35(4,5)6)22-13-24(37)28(39-32(22)42(33)29(18)27)26-23(36)9-8-10-25(26)46-17-44-7/h8-13,19-21,33H,14-17H2,1-7H3/t19-,20?,21-,33?/m1/s1. The fourth-order valence-corrected chi connectivity index (χ4v) is 6.90. The third-order valence-corrected chi connectivity index (χ3v) is 8.98. The lowest BCUT2D eigenvalue weighted by Crippen LogP contribution is -2.62. The predicted molar refractivity (Wildman–Crippen MR) is 172 cm³/mol. The first kappa shape index (κ1) is 32.1. The van der Waals surface area contributed by atoms with Gasteiger partial charge in [0.2, 0.25) is 0 Å². The lowest BCUT2D eigenvalue weighted by atomic mass is 9.94. The number of amides is 1. The number of hydrogen-bond acceptors (Lipinski definition) is 10. The van der Waals surface area contributed by atoms with Gasteiger partial charge in [-0.05, 0) is 71.4 Å². The van der Waals surface area contributed by atoms with Crippen molar-refractivity contribution >= 4 is 23.3 Å². The number of aryl methyl sites for hydroxylation is 1. The molecule has 13 heteroatoms. The minimum Gasteiger partial charge on any atom is -0.489 e. The molecule has 3 aromatic rings. The summed E-state index contributed by atoms with van der Waals surface area (Å²) in [6, 6.07) is 7.03. The number of benzene rings is 1. The predicted octanol–water partition coefficient (Wildman–Crippen LogP) is 6.29. The summed E-state index contributed by atoms with van der Waals surface area (Å²) in [6.07, 6.45) is 0.150. The summed E-state index contributed by atoms with van der Waals surface area (Å²) in [6.45, 7) is 12.2. The first-order chi connectivity index (χ1) is 22.9. The Morgan fingerprint density at radius 1 is 1.12 bits per heavy atom. The zero-order valence-electron chi connectivity index (χ0n) is 28.0. The van der Waals surface area contributed by atoms with Crippen LogP contribution in [0.2, 0.25) is 0 Å². The van der Waals surface area contributed by atoms with Gasteiger partial charge in [0, 0.05) is 38.0 Å². The Kier molecular flexibility index (Phi) is 7.94. The van der Waals surface area contributed by atoms with Crippen molar-refractivity contribution in [3.63, 3.8) is 0 Å². The van der Waals surface area contributed by atoms with Crippen molar-refractivity contribution in [2.75, 3.05) is 38.5 Å². The van der Waals surface area contributed by atoms with Crippen LogP contribution < -0.4 is 9.64 Å². The van der Waals surface area contributed by atoms with Crippen molar-refractivity contribution in [2.24, 2.45) is 0 Å². The molecular weight excluding hydrogens is 624 g/mol. The quantitative estimate of drug-likeness (QED) is 0.296. The van der Waals surface area contributed by atoms with E-state index in [1.54, 1.807) is 17.2 Å². The molecule has 4 aliphatic rings. The Hall–Kier alpha value is -4.49. The molecular formula is C35H39F2N5O6. The molecule has 4 atom stereocenters. The number of fused-ring (bicyclic) bond motifs is 9. The van der Waals surface area contributed by atoms with E-state index in [2.05, 4.69) is 9.88 Å². The number of aromatic nitrogens is 2. The van der Waals surface area contributed by atoms with E-state index in [1.807, 2.05) is 52.5 Å². The first-order valence-corrected chi connectivity index (χ1v) is 16.0. The number of hydrogen-bond donors (Lipinski definition) is 0. The third kappa shape index (κ3) is 5.29. The summed E-state index contributed by atoms with van der Waals surface area (Å²) < 4.78 is 61.5. The molecule has 6 heterocycles. The van der Waals surface area contributed by atoms with Crippen molar-refractivity contribution in [1.82, 2.24) is 19.8 Å². The van der Waals surface area contributed by atoms with Gasteiger partial charge >= 0.3 is 6.09 Å². The van der Waals surface area contributed by atoms with Crippen LogP contribution in [-0.2, 0) is 18.9 Å². The molecule has 0 saturated carbocycles. The Bertz CT molecular complexity index is 1810. The molecule has 1 amide bonds. The fraction of sp³-hybridized carbons (Fsp3) is 0.457. The molecule has 0 spiro atoms. The second-order valence-electron chi connectivity index (χ2n) is 13.5. The van der Waals surface area contributed by atoms with Gasteiger partial charge in [-0.3, -0.25) is 9.88 Å². The van der Waals surface area contributed by atoms with Crippen molar-refractivity contribution in [3.05, 3.63) is 70.7 Å². The molecule has 7 rings (SSSR count). The highest BCUT2D eigenvalue weighted by atomic mass is 19.1. The lowest BCUT2D eigenvalue weighted by Gasteiger charge is -2.53. The van der Waals surface area contributed by atoms with Crippen LogP contribution >= 0.6 is 0 Å². The Balaban J connectivity index is 1.40. The van der Waals surface area contributed by atoms with Crippen LogP contribution in [0, 0.1) is 18.6 Å². The number of piperazine rings is 1. The molecule has 1 saturated heterocycles. The molecule has 1 fully saturated rings. The summed E-state index contributed by atoms with van der Waals surface area (Å²) >= 11 is 0. The number of carbonyl (C=O) groups is 1. The number of pyridine rings is 2. The summed E-state index contributed by atoms with van der Waals surface area (Å²) in [5.74, 6) is -0.487. The zero-order valence-corrected chi connectivity index (χ0v) is 28.0. The van der Waals surface area contributed by atoms with Gasteiger partial charge in [0.1, 0.15) is 41.4 Å². The van der Waals surface area contributed by atoms with E-state index in [0.717, 1.165) is 11.3 Å². The molecule has 0 N–H and O–H groups in total. The van der Waals surface area contributed by atoms with Gasteiger partial charge in [0.25, 0.3) is 0 Å². The lowest BCUT2D eigenvalue weighted by molar-refractivity contribution is -0.0525. The van der Waals surface area contributed by atoms with E-state index in [4.69, 9.17) is 28.7 Å². The van der Waals surface area contributed by atoms with E-state index in [1.165, 1.54) is 25.3 Å². The minimum atomic E-state index is -0.770. The van der Waals surface area contributed by atoms with E-state index in [-0.39, 0.29) is 42.5 Å². The molecule has 2 aromatic heterocycles. The van der Waals surface area contributed by atoms with Crippen molar-refractivity contribution in [2.45, 2.75) is 71.6 Å². The number of carbonyl (C=O) groups excluding carboxylic acids is 1. The number of halogens is 2. The maximum atomic E-state index is 16.5. The largest absolute Gasteiger partial charge is 0.489 e. The monoisotopic (exact) mass is 663 g/mol. The summed E-state index contributed by atoms with van der Waals surface area (Å²) in [5, 5.41) is 0. The van der Waals surface area contributed by atoms with Crippen LogP contribution in [0.1, 0.15) is 57.5 Å². The Morgan fingerprint density at radius 3 is 2.67 bits per heavy atom. The number of nitrogens with zero attached hydrogens (tertiary/aromatic N) is 5. The van der Waals surface area contributed by atoms with Crippen molar-refractivity contribution < 1.29 is 37.3 Å². The molecule has 2 unspecified atom stereocenters. The third-order valence-electron chi connectivity index (χ3n) is 8.98. The molecule has 1 aromatic carbocycles. The number of ether oxygens (including phenoxy) is 5. The van der Waals surface area contributed by atoms with Gasteiger partial charge in [-0.25, -0.2) is 18.6 Å². The number of methoxy groups -OCH3 is 1. The first-order valence-electron chi connectivity index (χ1n) is 16.0. The minimum absolute atomic E-state index is 0.0883. The highest BCUT2D eigenvalue weighted by Crippen LogP contribution is 2.52. The molecule has 0 radical (unpaired) electrons. The van der Waals surface area contributed by atoms with E-state index in [9.17, 15) is 4.79 Å². The van der Waals surface area contributed by atoms with Crippen LogP contribution in [0.4, 0.5) is 25.1 Å². The van der Waals surface area contributed by atoms with Crippen molar-refractivity contribution in [3.8, 4) is 17.0 Å². The number of anilines is 2. The highest BCUT2D eigenvalue weighted by Gasteiger charge is 2.50. The summed E-state index contributed by atoms with van der Waals surface area (Å²) in [7, 11) is 1.45. The second kappa shape index (κ2) is 11.9. The normalized spacial score (nSPS) is 23.0. The Labute approximate surface area is 278 Å². The van der Waals surface area contributed by atoms with Crippen LogP contribution in [-0.4, -0.2) is 83.4 Å². The molecule has 254 valence electrons. The van der Waals surface area contributed by atoms with Gasteiger partial charge in [-0.1, -0.05) is 6.07 Å².